The second-order valence-electron chi connectivity index (χ2n) is 5.66. The van der Waals surface area contributed by atoms with Crippen molar-refractivity contribution in [3.63, 3.8) is 0 Å². The Labute approximate surface area is 105 Å². The van der Waals surface area contributed by atoms with E-state index in [-0.39, 0.29) is 0 Å². The fraction of sp³-hybridized carbons (Fsp3) is 0.667. The van der Waals surface area contributed by atoms with Gasteiger partial charge in [0.1, 0.15) is 0 Å². The number of aryl methyl sites for hydroxylation is 2. The molecule has 1 aromatic rings. The van der Waals surface area contributed by atoms with Crippen LogP contribution in [-0.4, -0.2) is 15.7 Å². The summed E-state index contributed by atoms with van der Waals surface area (Å²) in [5.74, 6) is 0. The molecule has 2 heteroatoms. The van der Waals surface area contributed by atoms with Gasteiger partial charge in [0, 0.05) is 11.9 Å². The summed E-state index contributed by atoms with van der Waals surface area (Å²) in [5, 5.41) is 9.63. The molecule has 0 fully saturated rings. The summed E-state index contributed by atoms with van der Waals surface area (Å²) in [7, 11) is 0. The van der Waals surface area contributed by atoms with Crippen LogP contribution in [0.4, 0.5) is 0 Å². The molecule has 17 heavy (non-hydrogen) atoms. The van der Waals surface area contributed by atoms with Gasteiger partial charge < -0.3 is 5.11 Å². The van der Waals surface area contributed by atoms with Crippen LogP contribution in [-0.2, 0) is 6.42 Å². The van der Waals surface area contributed by atoms with Crippen LogP contribution in [0.25, 0.3) is 0 Å². The molecule has 0 atom stereocenters. The van der Waals surface area contributed by atoms with Gasteiger partial charge in [0.2, 0.25) is 0 Å². The zero-order valence-corrected chi connectivity index (χ0v) is 11.8. The minimum Gasteiger partial charge on any atom is -0.390 e. The highest BCUT2D eigenvalue weighted by molar-refractivity contribution is 5.33. The van der Waals surface area contributed by atoms with Gasteiger partial charge in [-0.1, -0.05) is 6.42 Å². The Kier molecular flexibility index (Phi) is 4.70. The third-order valence-corrected chi connectivity index (χ3v) is 3.45. The Hall–Kier alpha value is -0.890. The van der Waals surface area contributed by atoms with Crippen LogP contribution < -0.4 is 0 Å². The molecule has 0 bridgehead atoms. The van der Waals surface area contributed by atoms with Gasteiger partial charge in [0.05, 0.1) is 5.60 Å². The SMILES string of the molecule is Cc1cnc(CCCCC(C)(C)O)c(C)c1C. The lowest BCUT2D eigenvalue weighted by molar-refractivity contribution is 0.0682. The highest BCUT2D eigenvalue weighted by Gasteiger charge is 2.12. The topological polar surface area (TPSA) is 33.1 Å². The normalized spacial score (nSPS) is 11.9. The van der Waals surface area contributed by atoms with Gasteiger partial charge >= 0.3 is 0 Å². The molecule has 0 aliphatic rings. The predicted molar refractivity (Wildman–Crippen MR) is 72.3 cm³/mol. The molecule has 0 unspecified atom stereocenters. The van der Waals surface area contributed by atoms with E-state index in [0.29, 0.717) is 0 Å². The molecule has 1 heterocycles. The Morgan fingerprint density at radius 1 is 1.12 bits per heavy atom. The lowest BCUT2D eigenvalue weighted by atomic mass is 9.98. The highest BCUT2D eigenvalue weighted by atomic mass is 16.3. The molecule has 1 rings (SSSR count). The molecule has 0 spiro atoms. The van der Waals surface area contributed by atoms with Crippen molar-refractivity contribution < 1.29 is 5.11 Å². The van der Waals surface area contributed by atoms with Crippen LogP contribution in [0.1, 0.15) is 55.5 Å². The first-order valence-electron chi connectivity index (χ1n) is 6.45. The van der Waals surface area contributed by atoms with Crippen LogP contribution in [0.2, 0.25) is 0 Å². The second kappa shape index (κ2) is 5.63. The highest BCUT2D eigenvalue weighted by Crippen LogP contribution is 2.18. The number of nitrogens with zero attached hydrogens (tertiary/aromatic N) is 1. The molecule has 0 saturated heterocycles. The molecule has 0 amide bonds. The molecule has 0 aliphatic heterocycles. The first-order chi connectivity index (χ1) is 7.81. The quantitative estimate of drug-likeness (QED) is 0.792. The first kappa shape index (κ1) is 14.2. The average Bonchev–Trinajstić information content (AvgIpc) is 2.22. The Morgan fingerprint density at radius 2 is 1.76 bits per heavy atom. The second-order valence-corrected chi connectivity index (χ2v) is 5.66. The molecular weight excluding hydrogens is 210 g/mol. The van der Waals surface area contributed by atoms with Crippen molar-refractivity contribution in [2.45, 2.75) is 65.9 Å². The Balaban J connectivity index is 2.51. The van der Waals surface area contributed by atoms with Gasteiger partial charge in [-0.15, -0.1) is 0 Å². The van der Waals surface area contributed by atoms with E-state index >= 15 is 0 Å². The first-order valence-corrected chi connectivity index (χ1v) is 6.45. The van der Waals surface area contributed by atoms with Crippen molar-refractivity contribution >= 4 is 0 Å². The van der Waals surface area contributed by atoms with Crippen LogP contribution in [0.15, 0.2) is 6.20 Å². The number of pyridine rings is 1. The maximum Gasteiger partial charge on any atom is 0.0591 e. The lowest BCUT2D eigenvalue weighted by Crippen LogP contribution is -2.17. The largest absolute Gasteiger partial charge is 0.390 e. The van der Waals surface area contributed by atoms with Gasteiger partial charge in [-0.2, -0.15) is 0 Å². The van der Waals surface area contributed by atoms with E-state index in [0.717, 1.165) is 25.7 Å². The molecule has 0 radical (unpaired) electrons. The smallest absolute Gasteiger partial charge is 0.0591 e. The number of hydrogen-bond acceptors (Lipinski definition) is 2. The molecule has 96 valence electrons. The Bertz CT molecular complexity index is 377. The lowest BCUT2D eigenvalue weighted by Gasteiger charge is -2.16. The summed E-state index contributed by atoms with van der Waals surface area (Å²) in [5.41, 5.74) is 4.63. The molecule has 0 aromatic carbocycles. The van der Waals surface area contributed by atoms with Gasteiger partial charge in [-0.3, -0.25) is 4.98 Å². The summed E-state index contributed by atoms with van der Waals surface area (Å²) in [6.07, 6.45) is 5.99. The van der Waals surface area contributed by atoms with Crippen molar-refractivity contribution in [2.24, 2.45) is 0 Å². The minimum absolute atomic E-state index is 0.536. The Morgan fingerprint density at radius 3 is 2.35 bits per heavy atom. The maximum absolute atomic E-state index is 9.63. The van der Waals surface area contributed by atoms with E-state index in [9.17, 15) is 5.11 Å². The van der Waals surface area contributed by atoms with Crippen LogP contribution >= 0.6 is 0 Å². The molecule has 1 aromatic heterocycles. The van der Waals surface area contributed by atoms with E-state index in [1.54, 1.807) is 0 Å². The number of hydrogen-bond donors (Lipinski definition) is 1. The summed E-state index contributed by atoms with van der Waals surface area (Å²) in [4.78, 5) is 4.51. The monoisotopic (exact) mass is 235 g/mol. The summed E-state index contributed by atoms with van der Waals surface area (Å²) in [6.45, 7) is 10.2. The third kappa shape index (κ3) is 4.47. The van der Waals surface area contributed by atoms with E-state index in [4.69, 9.17) is 0 Å². The zero-order chi connectivity index (χ0) is 13.1. The van der Waals surface area contributed by atoms with E-state index in [2.05, 4.69) is 25.8 Å². The van der Waals surface area contributed by atoms with Gasteiger partial charge in [0.15, 0.2) is 0 Å². The number of unbranched alkanes of at least 4 members (excludes halogenated alkanes) is 1. The third-order valence-electron chi connectivity index (χ3n) is 3.45. The molecule has 0 aliphatic carbocycles. The molecule has 0 saturated carbocycles. The average molecular weight is 235 g/mol. The summed E-state index contributed by atoms with van der Waals surface area (Å²) in [6, 6.07) is 0. The fourth-order valence-electron chi connectivity index (χ4n) is 1.98. The van der Waals surface area contributed by atoms with E-state index in [1.165, 1.54) is 22.4 Å². The van der Waals surface area contributed by atoms with Crippen LogP contribution in [0, 0.1) is 20.8 Å². The zero-order valence-electron chi connectivity index (χ0n) is 11.8. The summed E-state index contributed by atoms with van der Waals surface area (Å²) >= 11 is 0. The predicted octanol–water partition coefficient (Wildman–Crippen LogP) is 3.49. The van der Waals surface area contributed by atoms with Gasteiger partial charge in [-0.25, -0.2) is 0 Å². The van der Waals surface area contributed by atoms with Crippen molar-refractivity contribution in [1.29, 1.82) is 0 Å². The van der Waals surface area contributed by atoms with E-state index in [1.807, 2.05) is 20.0 Å². The van der Waals surface area contributed by atoms with Crippen LogP contribution in [0.3, 0.4) is 0 Å². The number of rotatable bonds is 5. The standard InChI is InChI=1S/C15H25NO/c1-11-10-16-14(13(3)12(11)2)8-6-7-9-15(4,5)17/h10,17H,6-9H2,1-5H3. The summed E-state index contributed by atoms with van der Waals surface area (Å²) < 4.78 is 0. The fourth-order valence-corrected chi connectivity index (χ4v) is 1.98. The van der Waals surface area contributed by atoms with Crippen molar-refractivity contribution in [1.82, 2.24) is 4.98 Å². The molecule has 2 nitrogen and oxygen atoms in total. The van der Waals surface area contributed by atoms with E-state index < -0.39 is 5.60 Å². The van der Waals surface area contributed by atoms with Crippen molar-refractivity contribution in [3.8, 4) is 0 Å². The van der Waals surface area contributed by atoms with Crippen LogP contribution in [0.5, 0.6) is 0 Å². The molecule has 1 N–H and O–H groups in total. The van der Waals surface area contributed by atoms with Gasteiger partial charge in [0.25, 0.3) is 0 Å². The minimum atomic E-state index is -0.536. The van der Waals surface area contributed by atoms with Crippen molar-refractivity contribution in [2.75, 3.05) is 0 Å². The van der Waals surface area contributed by atoms with Crippen molar-refractivity contribution in [3.05, 3.63) is 28.6 Å². The number of aliphatic hydroxyl groups is 1. The maximum atomic E-state index is 9.63. The molecular formula is C15H25NO. The number of aromatic nitrogens is 1. The van der Waals surface area contributed by atoms with Gasteiger partial charge in [-0.05, 0) is 70.6 Å².